The molecule has 0 bridgehead atoms. The van der Waals surface area contributed by atoms with E-state index in [0.717, 1.165) is 18.2 Å². The summed E-state index contributed by atoms with van der Waals surface area (Å²) in [6.07, 6.45) is 4.15. The lowest BCUT2D eigenvalue weighted by atomic mass is 9.80. The summed E-state index contributed by atoms with van der Waals surface area (Å²) in [5, 5.41) is 3.53. The Kier molecular flexibility index (Phi) is 3.78. The van der Waals surface area contributed by atoms with Crippen molar-refractivity contribution in [1.29, 1.82) is 0 Å². The van der Waals surface area contributed by atoms with Gasteiger partial charge in [0.2, 0.25) is 5.88 Å². The summed E-state index contributed by atoms with van der Waals surface area (Å²) in [6, 6.07) is 6.49. The predicted molar refractivity (Wildman–Crippen MR) is 64.4 cm³/mol. The molecule has 1 unspecified atom stereocenters. The standard InChI is InChI=1S/C13H20N2O/c1-10(11-5-3-6-11)14-9-12-7-4-8-13(15-12)16-2/h4,7-8,10-11,14H,3,5-6,9H2,1-2H3. The lowest BCUT2D eigenvalue weighted by Gasteiger charge is -2.32. The maximum atomic E-state index is 5.10. The van der Waals surface area contributed by atoms with Crippen molar-refractivity contribution in [3.8, 4) is 5.88 Å². The quantitative estimate of drug-likeness (QED) is 0.827. The Labute approximate surface area is 97.2 Å². The number of rotatable bonds is 5. The summed E-state index contributed by atoms with van der Waals surface area (Å²) in [7, 11) is 1.65. The molecule has 0 saturated heterocycles. The third-order valence-electron chi connectivity index (χ3n) is 3.45. The van der Waals surface area contributed by atoms with Crippen molar-refractivity contribution >= 4 is 0 Å². The van der Waals surface area contributed by atoms with Gasteiger partial charge in [0.15, 0.2) is 0 Å². The minimum Gasteiger partial charge on any atom is -0.481 e. The van der Waals surface area contributed by atoms with E-state index in [1.165, 1.54) is 19.3 Å². The Morgan fingerprint density at radius 3 is 2.94 bits per heavy atom. The summed E-state index contributed by atoms with van der Waals surface area (Å²) < 4.78 is 5.10. The van der Waals surface area contributed by atoms with E-state index in [0.29, 0.717) is 11.9 Å². The van der Waals surface area contributed by atoms with Crippen molar-refractivity contribution < 1.29 is 4.74 Å². The van der Waals surface area contributed by atoms with E-state index in [2.05, 4.69) is 17.2 Å². The molecule has 1 aliphatic rings. The molecule has 1 fully saturated rings. The zero-order chi connectivity index (χ0) is 11.4. The average molecular weight is 220 g/mol. The highest BCUT2D eigenvalue weighted by molar-refractivity contribution is 5.15. The molecule has 1 heterocycles. The first-order valence-electron chi connectivity index (χ1n) is 6.03. The molecular formula is C13H20N2O. The van der Waals surface area contributed by atoms with Gasteiger partial charge in [-0.15, -0.1) is 0 Å². The van der Waals surface area contributed by atoms with Crippen LogP contribution in [0.5, 0.6) is 5.88 Å². The van der Waals surface area contributed by atoms with Crippen LogP contribution in [0.25, 0.3) is 0 Å². The van der Waals surface area contributed by atoms with Gasteiger partial charge in [-0.2, -0.15) is 0 Å². The Balaban J connectivity index is 1.83. The van der Waals surface area contributed by atoms with Crippen molar-refractivity contribution in [2.45, 2.75) is 38.8 Å². The fourth-order valence-electron chi connectivity index (χ4n) is 2.04. The van der Waals surface area contributed by atoms with Crippen molar-refractivity contribution in [2.24, 2.45) is 5.92 Å². The molecule has 16 heavy (non-hydrogen) atoms. The second-order valence-electron chi connectivity index (χ2n) is 4.53. The number of methoxy groups -OCH3 is 1. The highest BCUT2D eigenvalue weighted by Crippen LogP contribution is 2.29. The number of aromatic nitrogens is 1. The van der Waals surface area contributed by atoms with Gasteiger partial charge in [-0.3, -0.25) is 0 Å². The third-order valence-corrected chi connectivity index (χ3v) is 3.45. The van der Waals surface area contributed by atoms with E-state index in [4.69, 9.17) is 4.74 Å². The van der Waals surface area contributed by atoms with Crippen LogP contribution in [0.15, 0.2) is 18.2 Å². The van der Waals surface area contributed by atoms with Crippen molar-refractivity contribution in [3.63, 3.8) is 0 Å². The predicted octanol–water partition coefficient (Wildman–Crippen LogP) is 2.37. The van der Waals surface area contributed by atoms with E-state index in [-0.39, 0.29) is 0 Å². The van der Waals surface area contributed by atoms with Gasteiger partial charge in [0.1, 0.15) is 0 Å². The van der Waals surface area contributed by atoms with E-state index < -0.39 is 0 Å². The normalized spacial score (nSPS) is 17.9. The number of hydrogen-bond donors (Lipinski definition) is 1. The molecule has 3 nitrogen and oxygen atoms in total. The molecular weight excluding hydrogens is 200 g/mol. The number of nitrogens with one attached hydrogen (secondary N) is 1. The van der Waals surface area contributed by atoms with Gasteiger partial charge in [0.25, 0.3) is 0 Å². The van der Waals surface area contributed by atoms with Crippen LogP contribution in [0.2, 0.25) is 0 Å². The van der Waals surface area contributed by atoms with E-state index >= 15 is 0 Å². The molecule has 1 aromatic rings. The van der Waals surface area contributed by atoms with Crippen LogP contribution in [-0.2, 0) is 6.54 Å². The van der Waals surface area contributed by atoms with Crippen LogP contribution < -0.4 is 10.1 Å². The molecule has 0 spiro atoms. The zero-order valence-corrected chi connectivity index (χ0v) is 10.1. The van der Waals surface area contributed by atoms with E-state index in [1.54, 1.807) is 7.11 Å². The van der Waals surface area contributed by atoms with Crippen molar-refractivity contribution in [1.82, 2.24) is 10.3 Å². The molecule has 0 amide bonds. The lowest BCUT2D eigenvalue weighted by Crippen LogP contribution is -2.36. The maximum Gasteiger partial charge on any atom is 0.213 e. The fourth-order valence-corrected chi connectivity index (χ4v) is 2.04. The number of ether oxygens (including phenoxy) is 1. The van der Waals surface area contributed by atoms with Crippen LogP contribution in [0.3, 0.4) is 0 Å². The van der Waals surface area contributed by atoms with Gasteiger partial charge < -0.3 is 10.1 Å². The third kappa shape index (κ3) is 2.73. The van der Waals surface area contributed by atoms with Gasteiger partial charge >= 0.3 is 0 Å². The van der Waals surface area contributed by atoms with E-state index in [1.807, 2.05) is 18.2 Å². The smallest absolute Gasteiger partial charge is 0.213 e. The first kappa shape index (κ1) is 11.4. The highest BCUT2D eigenvalue weighted by atomic mass is 16.5. The SMILES string of the molecule is COc1cccc(CNC(C)C2CCC2)n1. The number of pyridine rings is 1. The molecule has 1 atom stereocenters. The topological polar surface area (TPSA) is 34.1 Å². The molecule has 1 saturated carbocycles. The second kappa shape index (κ2) is 5.30. The number of hydrogen-bond acceptors (Lipinski definition) is 3. The molecule has 3 heteroatoms. The minimum absolute atomic E-state index is 0.599. The van der Waals surface area contributed by atoms with Crippen LogP contribution in [-0.4, -0.2) is 18.1 Å². The van der Waals surface area contributed by atoms with Crippen LogP contribution in [0.1, 0.15) is 31.9 Å². The first-order chi connectivity index (χ1) is 7.79. The van der Waals surface area contributed by atoms with Gasteiger partial charge in [-0.25, -0.2) is 4.98 Å². The Morgan fingerprint density at radius 2 is 2.31 bits per heavy atom. The summed E-state index contributed by atoms with van der Waals surface area (Å²) in [6.45, 7) is 3.10. The molecule has 88 valence electrons. The van der Waals surface area contributed by atoms with Gasteiger partial charge in [0.05, 0.1) is 12.8 Å². The monoisotopic (exact) mass is 220 g/mol. The average Bonchev–Trinajstić information content (AvgIpc) is 2.24. The van der Waals surface area contributed by atoms with Gasteiger partial charge in [-0.1, -0.05) is 12.5 Å². The summed E-state index contributed by atoms with van der Waals surface area (Å²) in [4.78, 5) is 4.38. The molecule has 2 rings (SSSR count). The fraction of sp³-hybridized carbons (Fsp3) is 0.615. The largest absolute Gasteiger partial charge is 0.481 e. The minimum atomic E-state index is 0.599. The molecule has 1 aliphatic carbocycles. The Morgan fingerprint density at radius 1 is 1.50 bits per heavy atom. The van der Waals surface area contributed by atoms with Gasteiger partial charge in [0, 0.05) is 18.7 Å². The Hall–Kier alpha value is -1.09. The molecule has 0 aliphatic heterocycles. The summed E-state index contributed by atoms with van der Waals surface area (Å²) in [5.74, 6) is 1.56. The van der Waals surface area contributed by atoms with E-state index in [9.17, 15) is 0 Å². The molecule has 1 N–H and O–H groups in total. The molecule has 0 radical (unpaired) electrons. The zero-order valence-electron chi connectivity index (χ0n) is 10.1. The number of nitrogens with zero attached hydrogens (tertiary/aromatic N) is 1. The lowest BCUT2D eigenvalue weighted by molar-refractivity contribution is 0.239. The maximum absolute atomic E-state index is 5.10. The first-order valence-corrected chi connectivity index (χ1v) is 6.03. The molecule has 1 aromatic heterocycles. The molecule has 0 aromatic carbocycles. The highest BCUT2D eigenvalue weighted by Gasteiger charge is 2.23. The Bertz CT molecular complexity index is 336. The summed E-state index contributed by atoms with van der Waals surface area (Å²) in [5.41, 5.74) is 1.05. The van der Waals surface area contributed by atoms with Crippen molar-refractivity contribution in [3.05, 3.63) is 23.9 Å². The summed E-state index contributed by atoms with van der Waals surface area (Å²) >= 11 is 0. The second-order valence-corrected chi connectivity index (χ2v) is 4.53. The van der Waals surface area contributed by atoms with Gasteiger partial charge in [-0.05, 0) is 31.7 Å². The van der Waals surface area contributed by atoms with Crippen LogP contribution >= 0.6 is 0 Å². The van der Waals surface area contributed by atoms with Crippen molar-refractivity contribution in [2.75, 3.05) is 7.11 Å². The van der Waals surface area contributed by atoms with Crippen LogP contribution in [0, 0.1) is 5.92 Å². The van der Waals surface area contributed by atoms with Crippen LogP contribution in [0.4, 0.5) is 0 Å².